The highest BCUT2D eigenvalue weighted by Crippen LogP contribution is 2.39. The molecule has 0 aromatic carbocycles. The number of hydrogen-bond acceptors (Lipinski definition) is 6. The molecular weight excluding hydrogens is 343 g/mol. The summed E-state index contributed by atoms with van der Waals surface area (Å²) in [5.74, 6) is 2.86. The molecule has 1 saturated heterocycles. The average molecular weight is 368 g/mol. The molecule has 0 spiro atoms. The van der Waals surface area contributed by atoms with Crippen molar-refractivity contribution in [2.24, 2.45) is 0 Å². The quantitative estimate of drug-likeness (QED) is 0.869. The van der Waals surface area contributed by atoms with Gasteiger partial charge in [0.2, 0.25) is 0 Å². The number of aromatic nitrogens is 4. The van der Waals surface area contributed by atoms with Crippen molar-refractivity contribution in [2.75, 3.05) is 23.3 Å². The molecule has 6 nitrogen and oxygen atoms in total. The van der Waals surface area contributed by atoms with E-state index in [-0.39, 0.29) is 17.8 Å². The van der Waals surface area contributed by atoms with Crippen molar-refractivity contribution in [1.29, 1.82) is 0 Å². The van der Waals surface area contributed by atoms with E-state index in [0.717, 1.165) is 50.4 Å². The predicted molar refractivity (Wildman–Crippen MR) is 101 cm³/mol. The van der Waals surface area contributed by atoms with Gasteiger partial charge in [0, 0.05) is 37.2 Å². The van der Waals surface area contributed by atoms with Gasteiger partial charge >= 0.3 is 0 Å². The molecule has 1 atom stereocenters. The van der Waals surface area contributed by atoms with Gasteiger partial charge in [0.25, 0.3) is 0 Å². The Morgan fingerprint density at radius 1 is 1.00 bits per heavy atom. The minimum atomic E-state index is -0.221. The van der Waals surface area contributed by atoms with Crippen LogP contribution in [0.5, 0.6) is 0 Å². The zero-order valence-electron chi connectivity index (χ0n) is 15.4. The third kappa shape index (κ3) is 3.47. The molecule has 27 heavy (non-hydrogen) atoms. The fourth-order valence-corrected chi connectivity index (χ4v) is 4.05. The van der Waals surface area contributed by atoms with Gasteiger partial charge in [-0.2, -0.15) is 0 Å². The normalized spacial score (nSPS) is 23.1. The van der Waals surface area contributed by atoms with Gasteiger partial charge in [-0.3, -0.25) is 0 Å². The van der Waals surface area contributed by atoms with Gasteiger partial charge in [-0.05, 0) is 44.6 Å². The summed E-state index contributed by atoms with van der Waals surface area (Å²) < 4.78 is 15.0. The lowest BCUT2D eigenvalue weighted by atomic mass is 9.82. The Kier molecular flexibility index (Phi) is 4.38. The highest BCUT2D eigenvalue weighted by Gasteiger charge is 2.30. The number of hydrogen-bond donors (Lipinski definition) is 1. The third-order valence-electron chi connectivity index (χ3n) is 5.98. The first-order chi connectivity index (χ1) is 13.3. The van der Waals surface area contributed by atoms with Crippen LogP contribution in [0.2, 0.25) is 0 Å². The molecule has 0 bridgehead atoms. The van der Waals surface area contributed by atoms with Crippen LogP contribution in [-0.4, -0.2) is 39.1 Å². The van der Waals surface area contributed by atoms with Crippen LogP contribution in [0.1, 0.15) is 68.3 Å². The lowest BCUT2D eigenvalue weighted by Crippen LogP contribution is -2.43. The molecule has 3 aliphatic rings. The molecule has 2 saturated carbocycles. The Labute approximate surface area is 158 Å². The van der Waals surface area contributed by atoms with Crippen molar-refractivity contribution >= 4 is 11.6 Å². The van der Waals surface area contributed by atoms with E-state index in [1.165, 1.54) is 25.6 Å². The topological polar surface area (TPSA) is 66.8 Å². The van der Waals surface area contributed by atoms with Crippen molar-refractivity contribution in [2.45, 2.75) is 62.8 Å². The highest BCUT2D eigenvalue weighted by molar-refractivity contribution is 5.44. The van der Waals surface area contributed by atoms with Crippen molar-refractivity contribution in [3.63, 3.8) is 0 Å². The number of nitrogens with zero attached hydrogens (tertiary/aromatic N) is 5. The first-order valence-electron chi connectivity index (χ1n) is 10.1. The molecule has 3 heterocycles. The van der Waals surface area contributed by atoms with Crippen LogP contribution >= 0.6 is 0 Å². The van der Waals surface area contributed by atoms with E-state index < -0.39 is 0 Å². The van der Waals surface area contributed by atoms with Crippen LogP contribution in [0.4, 0.5) is 16.0 Å². The molecule has 142 valence electrons. The van der Waals surface area contributed by atoms with E-state index in [0.29, 0.717) is 17.4 Å². The molecule has 5 rings (SSSR count). The predicted octanol–water partition coefficient (Wildman–Crippen LogP) is 3.63. The van der Waals surface area contributed by atoms with Crippen molar-refractivity contribution in [1.82, 2.24) is 19.9 Å². The average Bonchev–Trinajstić information content (AvgIpc) is 3.48. The maximum atomic E-state index is 15.0. The number of halogens is 1. The summed E-state index contributed by atoms with van der Waals surface area (Å²) in [5, 5.41) is 3.52. The largest absolute Gasteiger partial charge is 0.365 e. The molecule has 3 fully saturated rings. The monoisotopic (exact) mass is 368 g/mol. The Balaban J connectivity index is 1.30. The molecule has 2 aliphatic carbocycles. The second-order valence-corrected chi connectivity index (χ2v) is 8.03. The van der Waals surface area contributed by atoms with Crippen molar-refractivity contribution in [3.8, 4) is 0 Å². The molecule has 1 N–H and O–H groups in total. The second-order valence-electron chi connectivity index (χ2n) is 8.03. The zero-order chi connectivity index (χ0) is 18.2. The SMILES string of the molecule is Fc1c(C2CCC2)ncnc1N1CCCC(Nc2ccnc(C3CC3)n2)C1. The summed E-state index contributed by atoms with van der Waals surface area (Å²) in [4.78, 5) is 19.6. The van der Waals surface area contributed by atoms with E-state index in [9.17, 15) is 0 Å². The maximum Gasteiger partial charge on any atom is 0.187 e. The smallest absolute Gasteiger partial charge is 0.187 e. The summed E-state index contributed by atoms with van der Waals surface area (Å²) >= 11 is 0. The summed E-state index contributed by atoms with van der Waals surface area (Å²) in [6.07, 6.45) is 11.0. The van der Waals surface area contributed by atoms with E-state index in [1.807, 2.05) is 12.3 Å². The van der Waals surface area contributed by atoms with Gasteiger partial charge in [0.05, 0.1) is 5.69 Å². The second kappa shape index (κ2) is 7.02. The van der Waals surface area contributed by atoms with Crippen LogP contribution in [0, 0.1) is 5.82 Å². The van der Waals surface area contributed by atoms with Gasteiger partial charge < -0.3 is 10.2 Å². The van der Waals surface area contributed by atoms with Crippen LogP contribution in [0.15, 0.2) is 18.6 Å². The van der Waals surface area contributed by atoms with Gasteiger partial charge in [0.1, 0.15) is 18.0 Å². The maximum absolute atomic E-state index is 15.0. The highest BCUT2D eigenvalue weighted by atomic mass is 19.1. The fraction of sp³-hybridized carbons (Fsp3) is 0.600. The van der Waals surface area contributed by atoms with Crippen LogP contribution < -0.4 is 10.2 Å². The zero-order valence-corrected chi connectivity index (χ0v) is 15.4. The fourth-order valence-electron chi connectivity index (χ4n) is 4.05. The lowest BCUT2D eigenvalue weighted by Gasteiger charge is -2.35. The molecule has 1 aliphatic heterocycles. The standard InChI is InChI=1S/C20H25FN6/c21-17-18(13-3-1-4-13)23-12-24-20(17)27-10-2-5-15(11-27)25-16-8-9-22-19(26-16)14-6-7-14/h8-9,12-15H,1-7,10-11H2,(H,22,25,26). The van der Waals surface area contributed by atoms with Crippen molar-refractivity contribution in [3.05, 3.63) is 35.9 Å². The van der Waals surface area contributed by atoms with Crippen molar-refractivity contribution < 1.29 is 4.39 Å². The molecule has 1 unspecified atom stereocenters. The van der Waals surface area contributed by atoms with Gasteiger partial charge in [-0.15, -0.1) is 0 Å². The summed E-state index contributed by atoms with van der Waals surface area (Å²) in [6.45, 7) is 1.55. The minimum Gasteiger partial charge on any atom is -0.365 e. The summed E-state index contributed by atoms with van der Waals surface area (Å²) in [7, 11) is 0. The number of piperidine rings is 1. The van der Waals surface area contributed by atoms with Crippen LogP contribution in [-0.2, 0) is 0 Å². The van der Waals surface area contributed by atoms with E-state index in [4.69, 9.17) is 0 Å². The summed E-state index contributed by atoms with van der Waals surface area (Å²) in [6, 6.07) is 2.15. The van der Waals surface area contributed by atoms with Gasteiger partial charge in [-0.25, -0.2) is 24.3 Å². The molecular formula is C20H25FN6. The Bertz CT molecular complexity index is 820. The Morgan fingerprint density at radius 2 is 1.89 bits per heavy atom. The first-order valence-corrected chi connectivity index (χ1v) is 10.1. The van der Waals surface area contributed by atoms with Gasteiger partial charge in [0.15, 0.2) is 11.6 Å². The number of nitrogens with one attached hydrogen (secondary N) is 1. The van der Waals surface area contributed by atoms with E-state index in [2.05, 4.69) is 30.2 Å². The number of rotatable bonds is 5. The lowest BCUT2D eigenvalue weighted by molar-refractivity contribution is 0.391. The Morgan fingerprint density at radius 3 is 2.67 bits per heavy atom. The molecule has 0 radical (unpaired) electrons. The van der Waals surface area contributed by atoms with Crippen LogP contribution in [0.3, 0.4) is 0 Å². The molecule has 2 aromatic heterocycles. The van der Waals surface area contributed by atoms with E-state index in [1.54, 1.807) is 0 Å². The molecule has 7 heteroatoms. The summed E-state index contributed by atoms with van der Waals surface area (Å²) in [5.41, 5.74) is 0.603. The van der Waals surface area contributed by atoms with E-state index >= 15 is 4.39 Å². The molecule has 0 amide bonds. The first kappa shape index (κ1) is 16.8. The van der Waals surface area contributed by atoms with Crippen LogP contribution in [0.25, 0.3) is 0 Å². The Hall–Kier alpha value is -2.31. The molecule has 2 aromatic rings. The third-order valence-corrected chi connectivity index (χ3v) is 5.98. The number of anilines is 2. The van der Waals surface area contributed by atoms with Gasteiger partial charge in [-0.1, -0.05) is 6.42 Å². The minimum absolute atomic E-state index is 0.221.